The van der Waals surface area contributed by atoms with Crippen molar-refractivity contribution in [3.8, 4) is 0 Å². The Balaban J connectivity index is 2.40. The summed E-state index contributed by atoms with van der Waals surface area (Å²) in [7, 11) is 2.18. The molecule has 0 aromatic carbocycles. The predicted octanol–water partition coefficient (Wildman–Crippen LogP) is 1.51. The van der Waals surface area contributed by atoms with Gasteiger partial charge in [0.2, 0.25) is 0 Å². The van der Waals surface area contributed by atoms with E-state index in [9.17, 15) is 0 Å². The Bertz CT molecular complexity index is 112. The van der Waals surface area contributed by atoms with E-state index in [4.69, 9.17) is 4.74 Å². The van der Waals surface area contributed by atoms with Gasteiger partial charge in [-0.15, -0.1) is 0 Å². The van der Waals surface area contributed by atoms with Crippen molar-refractivity contribution in [1.29, 1.82) is 0 Å². The first-order valence-electron chi connectivity index (χ1n) is 4.57. The van der Waals surface area contributed by atoms with Crippen LogP contribution in [0.25, 0.3) is 0 Å². The van der Waals surface area contributed by atoms with Crippen molar-refractivity contribution in [3.05, 3.63) is 0 Å². The minimum Gasteiger partial charge on any atom is -0.377 e. The van der Waals surface area contributed by atoms with Crippen molar-refractivity contribution < 1.29 is 4.74 Å². The van der Waals surface area contributed by atoms with Crippen LogP contribution in [0.4, 0.5) is 0 Å². The molecule has 2 heteroatoms. The molecule has 1 saturated heterocycles. The highest BCUT2D eigenvalue weighted by Gasteiger charge is 2.24. The van der Waals surface area contributed by atoms with Gasteiger partial charge in [-0.25, -0.2) is 0 Å². The maximum absolute atomic E-state index is 5.57. The van der Waals surface area contributed by atoms with Crippen LogP contribution in [0.5, 0.6) is 0 Å². The Labute approximate surface area is 69.5 Å². The number of nitrogens with zero attached hydrogens (tertiary/aromatic N) is 1. The van der Waals surface area contributed by atoms with E-state index in [0.717, 1.165) is 13.2 Å². The molecule has 1 unspecified atom stereocenters. The van der Waals surface area contributed by atoms with Gasteiger partial charge in [0.15, 0.2) is 0 Å². The van der Waals surface area contributed by atoms with Gasteiger partial charge in [0.25, 0.3) is 0 Å². The standard InChI is InChI=1S/C9H19NO/c1-4-10(3)9-6-5-7-11-8(9)2/h8-9H,4-7H2,1-3H3/t8-,9?/m1/s1. The largest absolute Gasteiger partial charge is 0.377 e. The van der Waals surface area contributed by atoms with Gasteiger partial charge in [-0.05, 0) is 33.4 Å². The Morgan fingerprint density at radius 2 is 2.27 bits per heavy atom. The lowest BCUT2D eigenvalue weighted by Crippen LogP contribution is -2.43. The molecule has 1 aliphatic heterocycles. The predicted molar refractivity (Wildman–Crippen MR) is 46.7 cm³/mol. The second-order valence-corrected chi connectivity index (χ2v) is 3.36. The second kappa shape index (κ2) is 4.07. The van der Waals surface area contributed by atoms with E-state index in [2.05, 4.69) is 25.8 Å². The van der Waals surface area contributed by atoms with Crippen molar-refractivity contribution >= 4 is 0 Å². The smallest absolute Gasteiger partial charge is 0.0702 e. The van der Waals surface area contributed by atoms with Gasteiger partial charge in [-0.3, -0.25) is 0 Å². The summed E-state index contributed by atoms with van der Waals surface area (Å²) in [6.45, 7) is 6.45. The molecule has 0 bridgehead atoms. The SMILES string of the molecule is CCN(C)C1CCCO[C@@H]1C. The van der Waals surface area contributed by atoms with E-state index >= 15 is 0 Å². The zero-order chi connectivity index (χ0) is 8.27. The quantitative estimate of drug-likeness (QED) is 0.602. The molecule has 1 fully saturated rings. The molecule has 1 rings (SSSR count). The maximum atomic E-state index is 5.57. The highest BCUT2D eigenvalue weighted by atomic mass is 16.5. The van der Waals surface area contributed by atoms with Gasteiger partial charge in [0.05, 0.1) is 6.10 Å². The van der Waals surface area contributed by atoms with Crippen molar-refractivity contribution in [1.82, 2.24) is 4.90 Å². The highest BCUT2D eigenvalue weighted by Crippen LogP contribution is 2.17. The van der Waals surface area contributed by atoms with E-state index in [0.29, 0.717) is 12.1 Å². The fourth-order valence-corrected chi connectivity index (χ4v) is 1.72. The average molecular weight is 157 g/mol. The van der Waals surface area contributed by atoms with E-state index in [1.165, 1.54) is 12.8 Å². The molecule has 0 N–H and O–H groups in total. The molecule has 0 aromatic rings. The maximum Gasteiger partial charge on any atom is 0.0702 e. The van der Waals surface area contributed by atoms with Gasteiger partial charge in [0, 0.05) is 12.6 Å². The van der Waals surface area contributed by atoms with Crippen molar-refractivity contribution in [2.75, 3.05) is 20.2 Å². The fraction of sp³-hybridized carbons (Fsp3) is 1.00. The molecule has 0 aromatic heterocycles. The Kier molecular flexibility index (Phi) is 3.34. The van der Waals surface area contributed by atoms with Gasteiger partial charge >= 0.3 is 0 Å². The third-order valence-corrected chi connectivity index (χ3v) is 2.63. The molecule has 11 heavy (non-hydrogen) atoms. The van der Waals surface area contributed by atoms with Gasteiger partial charge in [0.1, 0.15) is 0 Å². The summed E-state index contributed by atoms with van der Waals surface area (Å²) < 4.78 is 5.57. The number of hydrogen-bond acceptors (Lipinski definition) is 2. The van der Waals surface area contributed by atoms with E-state index < -0.39 is 0 Å². The minimum absolute atomic E-state index is 0.425. The molecular formula is C9H19NO. The molecule has 66 valence electrons. The molecule has 0 aliphatic carbocycles. The lowest BCUT2D eigenvalue weighted by molar-refractivity contribution is -0.0322. The summed E-state index contributed by atoms with van der Waals surface area (Å²) in [5.74, 6) is 0. The van der Waals surface area contributed by atoms with Crippen LogP contribution < -0.4 is 0 Å². The van der Waals surface area contributed by atoms with Crippen LogP contribution in [-0.2, 0) is 4.74 Å². The van der Waals surface area contributed by atoms with Crippen LogP contribution in [0.15, 0.2) is 0 Å². The van der Waals surface area contributed by atoms with Crippen LogP contribution >= 0.6 is 0 Å². The number of ether oxygens (including phenoxy) is 1. The molecular weight excluding hydrogens is 138 g/mol. The van der Waals surface area contributed by atoms with Crippen molar-refractivity contribution in [3.63, 3.8) is 0 Å². The van der Waals surface area contributed by atoms with Crippen LogP contribution in [0.1, 0.15) is 26.7 Å². The molecule has 2 nitrogen and oxygen atoms in total. The Morgan fingerprint density at radius 1 is 1.55 bits per heavy atom. The van der Waals surface area contributed by atoms with Gasteiger partial charge in [-0.1, -0.05) is 6.92 Å². The highest BCUT2D eigenvalue weighted by molar-refractivity contribution is 4.77. The van der Waals surface area contributed by atoms with E-state index in [-0.39, 0.29) is 0 Å². The van der Waals surface area contributed by atoms with Gasteiger partial charge in [-0.2, -0.15) is 0 Å². The zero-order valence-corrected chi connectivity index (χ0v) is 7.84. The molecule has 1 aliphatic rings. The van der Waals surface area contributed by atoms with E-state index in [1.807, 2.05) is 0 Å². The normalized spacial score (nSPS) is 32.7. The van der Waals surface area contributed by atoms with Crippen LogP contribution in [0.3, 0.4) is 0 Å². The summed E-state index contributed by atoms with van der Waals surface area (Å²) >= 11 is 0. The monoisotopic (exact) mass is 157 g/mol. The number of hydrogen-bond donors (Lipinski definition) is 0. The molecule has 2 atom stereocenters. The average Bonchev–Trinajstić information content (AvgIpc) is 2.04. The molecule has 1 heterocycles. The zero-order valence-electron chi connectivity index (χ0n) is 7.84. The first kappa shape index (κ1) is 9.01. The van der Waals surface area contributed by atoms with E-state index in [1.54, 1.807) is 0 Å². The summed E-state index contributed by atoms with van der Waals surface area (Å²) in [4.78, 5) is 2.38. The lowest BCUT2D eigenvalue weighted by atomic mass is 10.0. The lowest BCUT2D eigenvalue weighted by Gasteiger charge is -2.35. The van der Waals surface area contributed by atoms with Gasteiger partial charge < -0.3 is 9.64 Å². The first-order valence-corrected chi connectivity index (χ1v) is 4.57. The molecule has 0 spiro atoms. The fourth-order valence-electron chi connectivity index (χ4n) is 1.72. The molecule has 0 amide bonds. The molecule has 0 saturated carbocycles. The third kappa shape index (κ3) is 2.17. The number of rotatable bonds is 2. The minimum atomic E-state index is 0.425. The molecule has 0 radical (unpaired) electrons. The Morgan fingerprint density at radius 3 is 2.82 bits per heavy atom. The first-order chi connectivity index (χ1) is 5.25. The Hall–Kier alpha value is -0.0800. The summed E-state index contributed by atoms with van der Waals surface area (Å²) in [5.41, 5.74) is 0. The number of likely N-dealkylation sites (N-methyl/N-ethyl adjacent to an activating group) is 1. The van der Waals surface area contributed by atoms with Crippen molar-refractivity contribution in [2.45, 2.75) is 38.8 Å². The summed E-state index contributed by atoms with van der Waals surface area (Å²) in [6, 6.07) is 0.647. The topological polar surface area (TPSA) is 12.5 Å². The summed E-state index contributed by atoms with van der Waals surface area (Å²) in [5, 5.41) is 0. The van der Waals surface area contributed by atoms with Crippen LogP contribution in [0.2, 0.25) is 0 Å². The third-order valence-electron chi connectivity index (χ3n) is 2.63. The van der Waals surface area contributed by atoms with Crippen LogP contribution in [-0.4, -0.2) is 37.2 Å². The summed E-state index contributed by atoms with van der Waals surface area (Å²) in [6.07, 6.45) is 2.94. The second-order valence-electron chi connectivity index (χ2n) is 3.36. The van der Waals surface area contributed by atoms with Crippen molar-refractivity contribution in [2.24, 2.45) is 0 Å². The van der Waals surface area contributed by atoms with Crippen LogP contribution in [0, 0.1) is 0 Å².